The summed E-state index contributed by atoms with van der Waals surface area (Å²) in [5, 5.41) is 21.6. The molecule has 0 saturated carbocycles. The lowest BCUT2D eigenvalue weighted by molar-refractivity contribution is 0.119. The van der Waals surface area contributed by atoms with Crippen molar-refractivity contribution in [1.29, 1.82) is 5.26 Å². The summed E-state index contributed by atoms with van der Waals surface area (Å²) in [4.78, 5) is 19.2. The number of hydrogen-bond donors (Lipinski definition) is 2. The van der Waals surface area contributed by atoms with Gasteiger partial charge in [-0.25, -0.2) is 4.79 Å². The summed E-state index contributed by atoms with van der Waals surface area (Å²) in [6.07, 6.45) is 4.00. The van der Waals surface area contributed by atoms with Crippen LogP contribution in [0, 0.1) is 11.3 Å². The number of carboxylic acid groups (broad SMARTS) is 1. The fourth-order valence-corrected chi connectivity index (χ4v) is 3.25. The first-order valence-electron chi connectivity index (χ1n) is 7.48. The largest absolute Gasteiger partial charge is 0.465 e. The van der Waals surface area contributed by atoms with E-state index >= 15 is 0 Å². The van der Waals surface area contributed by atoms with Gasteiger partial charge in [-0.3, -0.25) is 4.98 Å². The Morgan fingerprint density at radius 1 is 1.50 bits per heavy atom. The molecule has 0 aromatic carbocycles. The van der Waals surface area contributed by atoms with Crippen LogP contribution in [0.1, 0.15) is 17.5 Å². The average Bonchev–Trinajstić information content (AvgIpc) is 2.54. The molecule has 1 amide bonds. The minimum atomic E-state index is -0.949. The predicted molar refractivity (Wildman–Crippen MR) is 80.6 cm³/mol. The lowest BCUT2D eigenvalue weighted by Crippen LogP contribution is -2.55. The fourth-order valence-electron chi connectivity index (χ4n) is 3.25. The Bertz CT molecular complexity index is 612. The van der Waals surface area contributed by atoms with Crippen molar-refractivity contribution >= 4 is 11.8 Å². The van der Waals surface area contributed by atoms with E-state index in [1.165, 1.54) is 16.0 Å². The van der Waals surface area contributed by atoms with Gasteiger partial charge in [0.05, 0.1) is 30.4 Å². The van der Waals surface area contributed by atoms with E-state index in [1.807, 2.05) is 12.4 Å². The Morgan fingerprint density at radius 3 is 3.14 bits per heavy atom. The van der Waals surface area contributed by atoms with E-state index in [-0.39, 0.29) is 12.5 Å². The van der Waals surface area contributed by atoms with Crippen LogP contribution in [0.2, 0.25) is 0 Å². The minimum absolute atomic E-state index is 0.212. The third-order valence-corrected chi connectivity index (χ3v) is 4.39. The highest BCUT2D eigenvalue weighted by molar-refractivity contribution is 5.66. The molecular weight excluding hydrogens is 282 g/mol. The summed E-state index contributed by atoms with van der Waals surface area (Å²) in [6.45, 7) is 3.36. The molecule has 0 radical (unpaired) electrons. The monoisotopic (exact) mass is 301 g/mol. The molecule has 0 aliphatic carbocycles. The topological polar surface area (TPSA) is 92.5 Å². The van der Waals surface area contributed by atoms with Gasteiger partial charge >= 0.3 is 6.09 Å². The molecule has 116 valence electrons. The molecule has 22 heavy (non-hydrogen) atoms. The van der Waals surface area contributed by atoms with Gasteiger partial charge in [0, 0.05) is 32.4 Å². The summed E-state index contributed by atoms with van der Waals surface area (Å²) < 4.78 is 0. The fraction of sp³-hybridized carbons (Fsp3) is 0.533. The van der Waals surface area contributed by atoms with Crippen LogP contribution < -0.4 is 10.2 Å². The van der Waals surface area contributed by atoms with Crippen LogP contribution >= 0.6 is 0 Å². The van der Waals surface area contributed by atoms with Crippen LogP contribution in [0.25, 0.3) is 0 Å². The minimum Gasteiger partial charge on any atom is -0.465 e. The number of carbonyl (C=O) groups is 1. The van der Waals surface area contributed by atoms with Crippen LogP contribution in [-0.2, 0) is 13.0 Å². The summed E-state index contributed by atoms with van der Waals surface area (Å²) >= 11 is 0. The van der Waals surface area contributed by atoms with Crippen molar-refractivity contribution in [2.75, 3.05) is 31.1 Å². The van der Waals surface area contributed by atoms with Crippen LogP contribution in [0.3, 0.4) is 0 Å². The summed E-state index contributed by atoms with van der Waals surface area (Å²) in [7, 11) is 0. The highest BCUT2D eigenvalue weighted by Crippen LogP contribution is 2.27. The number of hydrogen-bond acceptors (Lipinski definition) is 5. The van der Waals surface area contributed by atoms with Crippen molar-refractivity contribution in [3.05, 3.63) is 23.5 Å². The highest BCUT2D eigenvalue weighted by Gasteiger charge is 2.31. The zero-order valence-corrected chi connectivity index (χ0v) is 12.3. The van der Waals surface area contributed by atoms with Crippen molar-refractivity contribution in [3.8, 4) is 6.07 Å². The summed E-state index contributed by atoms with van der Waals surface area (Å²) in [5.74, 6) is 0. The molecule has 1 aromatic rings. The Morgan fingerprint density at radius 2 is 2.36 bits per heavy atom. The standard InChI is InChI=1S/C15H19N5O2/c16-3-1-12-10-19(5-6-20(12)15(21)22)14-9-18-7-11-2-4-17-8-13(11)14/h7,9,12,17H,1-2,4-6,8,10H2,(H,21,22)/t12-/m0/s1. The second kappa shape index (κ2) is 6.20. The Hall–Kier alpha value is -2.33. The number of rotatable bonds is 2. The van der Waals surface area contributed by atoms with Gasteiger partial charge < -0.3 is 20.2 Å². The van der Waals surface area contributed by atoms with E-state index in [0.717, 1.165) is 25.2 Å². The molecule has 0 bridgehead atoms. The van der Waals surface area contributed by atoms with E-state index in [4.69, 9.17) is 5.26 Å². The Balaban J connectivity index is 1.84. The quantitative estimate of drug-likeness (QED) is 0.840. The van der Waals surface area contributed by atoms with Gasteiger partial charge in [-0.2, -0.15) is 5.26 Å². The molecule has 2 aliphatic heterocycles. The van der Waals surface area contributed by atoms with Crippen molar-refractivity contribution in [2.45, 2.75) is 25.4 Å². The van der Waals surface area contributed by atoms with Crippen LogP contribution in [0.15, 0.2) is 12.4 Å². The molecule has 1 aromatic heterocycles. The number of fused-ring (bicyclic) bond motifs is 1. The van der Waals surface area contributed by atoms with E-state index in [9.17, 15) is 9.90 Å². The summed E-state index contributed by atoms with van der Waals surface area (Å²) in [5.41, 5.74) is 3.58. The maximum atomic E-state index is 11.3. The molecule has 3 rings (SSSR count). The van der Waals surface area contributed by atoms with Gasteiger partial charge in [0.2, 0.25) is 0 Å². The highest BCUT2D eigenvalue weighted by atomic mass is 16.4. The van der Waals surface area contributed by atoms with Crippen LogP contribution in [0.4, 0.5) is 10.5 Å². The molecule has 1 saturated heterocycles. The van der Waals surface area contributed by atoms with Crippen LogP contribution in [-0.4, -0.2) is 53.3 Å². The van der Waals surface area contributed by atoms with Gasteiger partial charge in [-0.05, 0) is 24.1 Å². The second-order valence-electron chi connectivity index (χ2n) is 5.66. The van der Waals surface area contributed by atoms with Crippen molar-refractivity contribution in [2.24, 2.45) is 0 Å². The predicted octanol–water partition coefficient (Wildman–Crippen LogP) is 0.810. The normalized spacial score (nSPS) is 21.1. The molecular formula is C15H19N5O2. The maximum Gasteiger partial charge on any atom is 0.407 e. The number of piperazine rings is 1. The smallest absolute Gasteiger partial charge is 0.407 e. The number of amides is 1. The maximum absolute atomic E-state index is 11.3. The third kappa shape index (κ3) is 2.70. The molecule has 3 heterocycles. The SMILES string of the molecule is N#CC[C@H]1CN(c2cncc3c2CNCC3)CCN1C(=O)O. The molecule has 0 unspecified atom stereocenters. The van der Waals surface area contributed by atoms with Crippen LogP contribution in [0.5, 0.6) is 0 Å². The van der Waals surface area contributed by atoms with Gasteiger partial charge in [0.1, 0.15) is 0 Å². The zero-order valence-electron chi connectivity index (χ0n) is 12.3. The third-order valence-electron chi connectivity index (χ3n) is 4.39. The first-order valence-corrected chi connectivity index (χ1v) is 7.48. The summed E-state index contributed by atoms with van der Waals surface area (Å²) in [6, 6.07) is 1.81. The number of nitrogens with zero attached hydrogens (tertiary/aromatic N) is 4. The Labute approximate surface area is 129 Å². The van der Waals surface area contributed by atoms with E-state index in [0.29, 0.717) is 19.6 Å². The first kappa shape index (κ1) is 14.6. The molecule has 7 heteroatoms. The van der Waals surface area contributed by atoms with E-state index in [1.54, 1.807) is 0 Å². The molecule has 7 nitrogen and oxygen atoms in total. The van der Waals surface area contributed by atoms with Gasteiger partial charge in [-0.1, -0.05) is 0 Å². The second-order valence-corrected chi connectivity index (χ2v) is 5.66. The molecule has 1 fully saturated rings. The van der Waals surface area contributed by atoms with Crippen molar-refractivity contribution in [1.82, 2.24) is 15.2 Å². The number of nitrogens with one attached hydrogen (secondary N) is 1. The van der Waals surface area contributed by atoms with Crippen molar-refractivity contribution in [3.63, 3.8) is 0 Å². The van der Waals surface area contributed by atoms with Gasteiger partial charge in [-0.15, -0.1) is 0 Å². The molecule has 2 N–H and O–H groups in total. The number of pyridine rings is 1. The molecule has 0 spiro atoms. The average molecular weight is 301 g/mol. The lowest BCUT2D eigenvalue weighted by atomic mass is 10.0. The van der Waals surface area contributed by atoms with E-state index < -0.39 is 6.09 Å². The number of anilines is 1. The van der Waals surface area contributed by atoms with Gasteiger partial charge in [0.25, 0.3) is 0 Å². The van der Waals surface area contributed by atoms with E-state index in [2.05, 4.69) is 21.3 Å². The van der Waals surface area contributed by atoms with Crippen molar-refractivity contribution < 1.29 is 9.90 Å². The Kier molecular flexibility index (Phi) is 4.11. The van der Waals surface area contributed by atoms with Gasteiger partial charge in [0.15, 0.2) is 0 Å². The molecule has 2 aliphatic rings. The first-order chi connectivity index (χ1) is 10.7. The number of aromatic nitrogens is 1. The molecule has 1 atom stereocenters. The zero-order chi connectivity index (χ0) is 15.5. The number of nitriles is 1. The lowest BCUT2D eigenvalue weighted by Gasteiger charge is -2.41.